The van der Waals surface area contributed by atoms with Crippen molar-refractivity contribution in [1.82, 2.24) is 9.97 Å². The van der Waals surface area contributed by atoms with Crippen LogP contribution >= 0.6 is 0 Å². The zero-order valence-electron chi connectivity index (χ0n) is 16.7. The Hall–Kier alpha value is -3.61. The van der Waals surface area contributed by atoms with Crippen molar-refractivity contribution < 1.29 is 9.18 Å². The van der Waals surface area contributed by atoms with Gasteiger partial charge in [-0.15, -0.1) is 0 Å². The number of nitrogens with one attached hydrogen (secondary N) is 3. The maximum Gasteiger partial charge on any atom is 0.256 e. The molecule has 2 aromatic heterocycles. The minimum Gasteiger partial charge on any atom is -0.340 e. The van der Waals surface area contributed by atoms with Gasteiger partial charge in [0.05, 0.1) is 22.5 Å². The van der Waals surface area contributed by atoms with Gasteiger partial charge in [0.2, 0.25) is 0 Å². The minimum absolute atomic E-state index is 0.187. The number of pyridine rings is 2. The van der Waals surface area contributed by atoms with Crippen molar-refractivity contribution in [3.63, 3.8) is 0 Å². The summed E-state index contributed by atoms with van der Waals surface area (Å²) in [7, 11) is 0. The summed E-state index contributed by atoms with van der Waals surface area (Å²) >= 11 is 0. The first-order chi connectivity index (χ1) is 13.8. The Morgan fingerprint density at radius 3 is 2.41 bits per heavy atom. The number of nitrogens with zero attached hydrogens (tertiary/aromatic N) is 2. The van der Waals surface area contributed by atoms with Crippen LogP contribution in [0, 0.1) is 32.0 Å². The van der Waals surface area contributed by atoms with E-state index in [4.69, 9.17) is 5.41 Å². The molecule has 6 nitrogen and oxygen atoms in total. The Balaban J connectivity index is 2.04. The number of anilines is 3. The van der Waals surface area contributed by atoms with E-state index >= 15 is 0 Å². The van der Waals surface area contributed by atoms with Crippen LogP contribution in [0.15, 0.2) is 42.6 Å². The number of halogens is 1. The molecular weight excluding hydrogens is 369 g/mol. The average molecular weight is 391 g/mol. The molecule has 1 aromatic carbocycles. The monoisotopic (exact) mass is 391 g/mol. The largest absolute Gasteiger partial charge is 0.340 e. The van der Waals surface area contributed by atoms with Gasteiger partial charge in [0.15, 0.2) is 0 Å². The highest BCUT2D eigenvalue weighted by Gasteiger charge is 2.20. The van der Waals surface area contributed by atoms with E-state index in [1.54, 1.807) is 38.2 Å². The average Bonchev–Trinajstić information content (AvgIpc) is 2.65. The number of rotatable bonds is 5. The summed E-state index contributed by atoms with van der Waals surface area (Å²) in [5.74, 6) is -0.328. The van der Waals surface area contributed by atoms with Crippen molar-refractivity contribution in [1.29, 1.82) is 5.41 Å². The highest BCUT2D eigenvalue weighted by atomic mass is 19.1. The Morgan fingerprint density at radius 2 is 1.79 bits per heavy atom. The minimum atomic E-state index is -0.349. The zero-order valence-corrected chi connectivity index (χ0v) is 16.7. The number of aryl methyl sites for hydroxylation is 3. The summed E-state index contributed by atoms with van der Waals surface area (Å²) in [4.78, 5) is 21.8. The first-order valence-electron chi connectivity index (χ1n) is 9.09. The molecule has 0 bridgehead atoms. The lowest BCUT2D eigenvalue weighted by atomic mass is 10.0. The normalized spacial score (nSPS) is 10.5. The smallest absolute Gasteiger partial charge is 0.256 e. The Labute approximate surface area is 168 Å². The Morgan fingerprint density at radius 1 is 1.10 bits per heavy atom. The molecule has 0 aliphatic heterocycles. The molecule has 0 saturated heterocycles. The molecule has 0 aliphatic rings. The summed E-state index contributed by atoms with van der Waals surface area (Å²) in [6.07, 6.45) is 1.69. The first kappa shape index (κ1) is 20.1. The zero-order chi connectivity index (χ0) is 21.1. The van der Waals surface area contributed by atoms with Gasteiger partial charge in [-0.05, 0) is 69.7 Å². The van der Waals surface area contributed by atoms with Crippen molar-refractivity contribution in [2.75, 3.05) is 10.6 Å². The van der Waals surface area contributed by atoms with Crippen LogP contribution < -0.4 is 10.6 Å². The van der Waals surface area contributed by atoms with Crippen LogP contribution in [-0.2, 0) is 0 Å². The lowest BCUT2D eigenvalue weighted by molar-refractivity contribution is 0.102. The van der Waals surface area contributed by atoms with E-state index in [9.17, 15) is 9.18 Å². The fourth-order valence-electron chi connectivity index (χ4n) is 3.06. The summed E-state index contributed by atoms with van der Waals surface area (Å²) in [6.45, 7) is 7.09. The van der Waals surface area contributed by atoms with Crippen molar-refractivity contribution in [3.8, 4) is 0 Å². The maximum absolute atomic E-state index is 13.2. The van der Waals surface area contributed by atoms with Crippen LogP contribution in [-0.4, -0.2) is 21.6 Å². The van der Waals surface area contributed by atoms with Gasteiger partial charge in [0.1, 0.15) is 11.6 Å². The number of hydrogen-bond acceptors (Lipinski definition) is 5. The molecule has 0 spiro atoms. The van der Waals surface area contributed by atoms with Crippen LogP contribution in [0.3, 0.4) is 0 Å². The topological polar surface area (TPSA) is 90.8 Å². The van der Waals surface area contributed by atoms with Crippen LogP contribution in [0.5, 0.6) is 0 Å². The molecule has 3 N–H and O–H groups in total. The van der Waals surface area contributed by atoms with E-state index in [-0.39, 0.29) is 17.4 Å². The molecule has 0 aliphatic carbocycles. The summed E-state index contributed by atoms with van der Waals surface area (Å²) < 4.78 is 13.2. The lowest BCUT2D eigenvalue weighted by Crippen LogP contribution is -2.19. The molecule has 1 amide bonds. The second kappa shape index (κ2) is 8.18. The van der Waals surface area contributed by atoms with Gasteiger partial charge in [-0.1, -0.05) is 0 Å². The summed E-state index contributed by atoms with van der Waals surface area (Å²) in [5.41, 5.74) is 4.38. The highest BCUT2D eigenvalue weighted by Crippen LogP contribution is 2.26. The predicted octanol–water partition coefficient (Wildman–Crippen LogP) is 4.92. The second-order valence-electron chi connectivity index (χ2n) is 6.83. The van der Waals surface area contributed by atoms with Crippen LogP contribution in [0.2, 0.25) is 0 Å². The van der Waals surface area contributed by atoms with Crippen molar-refractivity contribution in [2.24, 2.45) is 0 Å². The summed E-state index contributed by atoms with van der Waals surface area (Å²) in [6, 6.07) is 9.28. The van der Waals surface area contributed by atoms with Gasteiger partial charge in [-0.25, -0.2) is 9.37 Å². The third-order valence-electron chi connectivity index (χ3n) is 4.46. The van der Waals surface area contributed by atoms with Gasteiger partial charge in [-0.3, -0.25) is 9.78 Å². The standard InChI is InChI=1S/C22H22FN5O/c1-12-9-10-25-15(4)20(12)28-22(29)18-11-13(2)26-21(19(18)14(3)24)27-17-7-5-16(23)6-8-17/h5-11,24H,1-4H3,(H,26,27)(H,28,29). The first-order valence-corrected chi connectivity index (χ1v) is 9.09. The van der Waals surface area contributed by atoms with Gasteiger partial charge < -0.3 is 16.0 Å². The lowest BCUT2D eigenvalue weighted by Gasteiger charge is -2.17. The molecule has 0 radical (unpaired) electrons. The number of amides is 1. The number of carbonyl (C=O) groups is 1. The van der Waals surface area contributed by atoms with E-state index in [0.29, 0.717) is 39.7 Å². The summed E-state index contributed by atoms with van der Waals surface area (Å²) in [5, 5.41) is 14.2. The Kier molecular flexibility index (Phi) is 5.68. The molecule has 29 heavy (non-hydrogen) atoms. The molecule has 3 aromatic rings. The molecule has 0 atom stereocenters. The van der Waals surface area contributed by atoms with Gasteiger partial charge in [0, 0.05) is 23.3 Å². The van der Waals surface area contributed by atoms with Crippen LogP contribution in [0.25, 0.3) is 0 Å². The molecule has 148 valence electrons. The molecule has 3 rings (SSSR count). The fourth-order valence-corrected chi connectivity index (χ4v) is 3.06. The third kappa shape index (κ3) is 4.45. The van der Waals surface area contributed by atoms with E-state index < -0.39 is 0 Å². The molecular formula is C22H22FN5O. The number of carbonyl (C=O) groups excluding carboxylic acids is 1. The van der Waals surface area contributed by atoms with Crippen molar-refractivity contribution >= 4 is 28.8 Å². The third-order valence-corrected chi connectivity index (χ3v) is 4.46. The molecule has 2 heterocycles. The number of aromatic nitrogens is 2. The van der Waals surface area contributed by atoms with Crippen LogP contribution in [0.4, 0.5) is 21.6 Å². The quantitative estimate of drug-likeness (QED) is 0.538. The molecule has 7 heteroatoms. The van der Waals surface area contributed by atoms with E-state index in [1.807, 2.05) is 19.9 Å². The van der Waals surface area contributed by atoms with Gasteiger partial charge in [0.25, 0.3) is 5.91 Å². The van der Waals surface area contributed by atoms with Crippen molar-refractivity contribution in [2.45, 2.75) is 27.7 Å². The molecule has 0 unspecified atom stereocenters. The highest BCUT2D eigenvalue weighted by molar-refractivity contribution is 6.15. The van der Waals surface area contributed by atoms with E-state index in [1.165, 1.54) is 12.1 Å². The molecule has 0 fully saturated rings. The SMILES string of the molecule is CC(=N)c1c(C(=O)Nc2c(C)ccnc2C)cc(C)nc1Nc1ccc(F)cc1. The second-order valence-corrected chi connectivity index (χ2v) is 6.83. The van der Waals surface area contributed by atoms with Gasteiger partial charge in [-0.2, -0.15) is 0 Å². The Bertz CT molecular complexity index is 1070. The number of hydrogen-bond donors (Lipinski definition) is 3. The van der Waals surface area contributed by atoms with Crippen LogP contribution in [0.1, 0.15) is 39.8 Å². The van der Waals surface area contributed by atoms with E-state index in [2.05, 4.69) is 20.6 Å². The fraction of sp³-hybridized carbons (Fsp3) is 0.182. The predicted molar refractivity (Wildman–Crippen MR) is 113 cm³/mol. The van der Waals surface area contributed by atoms with E-state index in [0.717, 1.165) is 5.56 Å². The molecule has 0 saturated carbocycles. The maximum atomic E-state index is 13.2. The van der Waals surface area contributed by atoms with Crippen molar-refractivity contribution in [3.05, 3.63) is 76.5 Å². The van der Waals surface area contributed by atoms with Gasteiger partial charge >= 0.3 is 0 Å². The number of benzene rings is 1.